The number of nitrogens with two attached hydrogens (primary N) is 2. The number of nitrogens with one attached hydrogen (secondary N) is 2. The zero-order chi connectivity index (χ0) is 28.1. The maximum atomic E-state index is 12.1. The molecule has 0 unspecified atom stereocenters. The summed E-state index contributed by atoms with van der Waals surface area (Å²) in [5, 5.41) is 25.2. The maximum Gasteiger partial charge on any atom is 0.328 e. The van der Waals surface area contributed by atoms with E-state index in [0.29, 0.717) is 35.9 Å². The third kappa shape index (κ3) is 9.50. The number of amides is 1. The molecule has 0 fully saturated rings. The van der Waals surface area contributed by atoms with Crippen LogP contribution >= 0.6 is 0 Å². The van der Waals surface area contributed by atoms with Gasteiger partial charge < -0.3 is 26.0 Å². The number of benzene rings is 2. The van der Waals surface area contributed by atoms with E-state index in [9.17, 15) is 9.59 Å². The van der Waals surface area contributed by atoms with E-state index in [2.05, 4.69) is 30.9 Å². The van der Waals surface area contributed by atoms with Crippen molar-refractivity contribution >= 4 is 17.8 Å². The number of guanidine groups is 1. The maximum absolute atomic E-state index is 12.1. The standard InChI is InChI=1S/C17H25N3O5.C8H9N5/c1-10(2)7-12(16(22)23)19-17(18)20-15(21)9-11-5-6-13(24-3)14(8-11)25-4;9-5-6-1-3-7(4-2-6)8-10-12-13-11-8/h5-6,8,10,12H,7,9H2,1-4H3,(H,22,23)(H3,18,19,20,21);1-4H,5,9H2,(H,10,11,12,13)/t12-;/m1./s1. The van der Waals surface area contributed by atoms with E-state index in [1.807, 2.05) is 38.1 Å². The number of carbonyl (C=O) groups excluding carboxylic acids is 1. The molecule has 0 bridgehead atoms. The zero-order valence-electron chi connectivity index (χ0n) is 21.8. The summed E-state index contributed by atoms with van der Waals surface area (Å²) in [4.78, 5) is 27.1. The van der Waals surface area contributed by atoms with Gasteiger partial charge in [0.2, 0.25) is 11.7 Å². The number of ether oxygens (including phenoxy) is 2. The minimum atomic E-state index is -1.08. The molecule has 0 spiro atoms. The molecule has 13 nitrogen and oxygen atoms in total. The second kappa shape index (κ2) is 14.9. The third-order valence-corrected chi connectivity index (χ3v) is 5.15. The molecule has 1 heterocycles. The minimum absolute atomic E-state index is 0.0402. The lowest BCUT2D eigenvalue weighted by atomic mass is 10.0. The van der Waals surface area contributed by atoms with Gasteiger partial charge in [0.15, 0.2) is 23.5 Å². The number of hydrogen-bond acceptors (Lipinski definition) is 9. The lowest BCUT2D eigenvalue weighted by Gasteiger charge is -2.12. The Morgan fingerprint density at radius 1 is 1.08 bits per heavy atom. The van der Waals surface area contributed by atoms with Gasteiger partial charge in [-0.1, -0.05) is 44.2 Å². The van der Waals surface area contributed by atoms with Crippen LogP contribution in [-0.4, -0.2) is 63.8 Å². The van der Waals surface area contributed by atoms with E-state index in [1.165, 1.54) is 14.2 Å². The van der Waals surface area contributed by atoms with E-state index in [4.69, 9.17) is 26.0 Å². The number of rotatable bonds is 10. The van der Waals surface area contributed by atoms with Gasteiger partial charge in [-0.25, -0.2) is 9.79 Å². The summed E-state index contributed by atoms with van der Waals surface area (Å²) >= 11 is 0. The van der Waals surface area contributed by atoms with Crippen LogP contribution in [0.2, 0.25) is 0 Å². The molecule has 0 aliphatic carbocycles. The first-order valence-corrected chi connectivity index (χ1v) is 11.8. The van der Waals surface area contributed by atoms with Crippen molar-refractivity contribution in [2.45, 2.75) is 39.3 Å². The van der Waals surface area contributed by atoms with Crippen molar-refractivity contribution in [1.29, 1.82) is 0 Å². The van der Waals surface area contributed by atoms with Crippen molar-refractivity contribution in [1.82, 2.24) is 25.9 Å². The SMILES string of the molecule is COc1ccc(CC(=O)NC(N)=N[C@H](CC(C)C)C(=O)O)cc1OC.NCc1ccc(-c2nn[nH]n2)cc1. The van der Waals surface area contributed by atoms with Crippen LogP contribution in [-0.2, 0) is 22.6 Å². The fourth-order valence-electron chi connectivity index (χ4n) is 3.29. The quantitative estimate of drug-likeness (QED) is 0.190. The van der Waals surface area contributed by atoms with Crippen molar-refractivity contribution in [2.24, 2.45) is 22.4 Å². The van der Waals surface area contributed by atoms with E-state index in [1.54, 1.807) is 18.2 Å². The van der Waals surface area contributed by atoms with Crippen molar-refractivity contribution in [3.05, 3.63) is 53.6 Å². The highest BCUT2D eigenvalue weighted by Crippen LogP contribution is 2.27. The van der Waals surface area contributed by atoms with Crippen molar-refractivity contribution in [3.8, 4) is 22.9 Å². The highest BCUT2D eigenvalue weighted by molar-refractivity contribution is 5.97. The molecular formula is C25H34N8O5. The fraction of sp³-hybridized carbons (Fsp3) is 0.360. The smallest absolute Gasteiger partial charge is 0.328 e. The van der Waals surface area contributed by atoms with E-state index >= 15 is 0 Å². The Balaban J connectivity index is 0.000000323. The number of aliphatic imine (C=N–C) groups is 1. The molecule has 3 aromatic rings. The summed E-state index contributed by atoms with van der Waals surface area (Å²) in [6.45, 7) is 4.32. The van der Waals surface area contributed by atoms with Crippen LogP contribution < -0.4 is 26.3 Å². The molecule has 2 aromatic carbocycles. The summed E-state index contributed by atoms with van der Waals surface area (Å²) < 4.78 is 10.3. The Bertz CT molecular complexity index is 1200. The molecule has 0 radical (unpaired) electrons. The number of hydrogen-bond donors (Lipinski definition) is 5. The van der Waals surface area contributed by atoms with Crippen LogP contribution in [0.4, 0.5) is 0 Å². The zero-order valence-corrected chi connectivity index (χ0v) is 21.8. The van der Waals surface area contributed by atoms with Crippen LogP contribution in [0.1, 0.15) is 31.4 Å². The minimum Gasteiger partial charge on any atom is -0.493 e. The summed E-state index contributed by atoms with van der Waals surface area (Å²) in [7, 11) is 3.03. The van der Waals surface area contributed by atoms with Gasteiger partial charge in [-0.05, 0) is 40.8 Å². The number of carboxylic acids is 1. The van der Waals surface area contributed by atoms with Gasteiger partial charge in [-0.3, -0.25) is 10.1 Å². The fourth-order valence-corrected chi connectivity index (χ4v) is 3.29. The number of nitrogens with zero attached hydrogens (tertiary/aromatic N) is 4. The Hall–Kier alpha value is -4.52. The molecule has 0 saturated heterocycles. The van der Waals surface area contributed by atoms with Gasteiger partial charge in [-0.15, -0.1) is 10.2 Å². The number of tetrazole rings is 1. The Kier molecular flexibility index (Phi) is 11.6. The summed E-state index contributed by atoms with van der Waals surface area (Å²) in [6.07, 6.45) is 0.375. The van der Waals surface area contributed by atoms with Crippen LogP contribution in [0.25, 0.3) is 11.4 Å². The molecular weight excluding hydrogens is 492 g/mol. The predicted octanol–water partition coefficient (Wildman–Crippen LogP) is 1.50. The molecule has 0 saturated carbocycles. The first kappa shape index (κ1) is 29.7. The molecule has 0 aliphatic rings. The lowest BCUT2D eigenvalue weighted by Crippen LogP contribution is -2.39. The molecule has 1 atom stereocenters. The van der Waals surface area contributed by atoms with Crippen molar-refractivity contribution < 1.29 is 24.2 Å². The highest BCUT2D eigenvalue weighted by atomic mass is 16.5. The molecule has 38 heavy (non-hydrogen) atoms. The summed E-state index contributed by atoms with van der Waals surface area (Å²) in [5.74, 6) is 0.123. The first-order chi connectivity index (χ1) is 18.2. The molecule has 3 rings (SSSR count). The van der Waals surface area contributed by atoms with E-state index < -0.39 is 17.9 Å². The van der Waals surface area contributed by atoms with Gasteiger partial charge in [0.1, 0.15) is 0 Å². The van der Waals surface area contributed by atoms with Gasteiger partial charge in [-0.2, -0.15) is 5.21 Å². The molecule has 1 aromatic heterocycles. The van der Waals surface area contributed by atoms with Crippen molar-refractivity contribution in [3.63, 3.8) is 0 Å². The highest BCUT2D eigenvalue weighted by Gasteiger charge is 2.19. The molecule has 0 aliphatic heterocycles. The van der Waals surface area contributed by atoms with Crippen LogP contribution in [0.5, 0.6) is 11.5 Å². The van der Waals surface area contributed by atoms with Gasteiger partial charge in [0.25, 0.3) is 0 Å². The summed E-state index contributed by atoms with van der Waals surface area (Å²) in [5.41, 5.74) is 13.8. The second-order valence-electron chi connectivity index (χ2n) is 8.55. The average Bonchev–Trinajstić information content (AvgIpc) is 3.43. The Morgan fingerprint density at radius 3 is 2.26 bits per heavy atom. The summed E-state index contributed by atoms with van der Waals surface area (Å²) in [6, 6.07) is 11.9. The normalized spacial score (nSPS) is 11.8. The van der Waals surface area contributed by atoms with E-state index in [-0.39, 0.29) is 18.3 Å². The van der Waals surface area contributed by atoms with Gasteiger partial charge >= 0.3 is 5.97 Å². The molecule has 7 N–H and O–H groups in total. The monoisotopic (exact) mass is 526 g/mol. The number of H-pyrrole nitrogens is 1. The van der Waals surface area contributed by atoms with Crippen LogP contribution in [0.15, 0.2) is 47.5 Å². The topological polar surface area (TPSA) is 204 Å². The number of aromatic amines is 1. The van der Waals surface area contributed by atoms with Crippen LogP contribution in [0.3, 0.4) is 0 Å². The Labute approximate surface area is 220 Å². The second-order valence-corrected chi connectivity index (χ2v) is 8.55. The Morgan fingerprint density at radius 2 is 1.74 bits per heavy atom. The molecule has 204 valence electrons. The van der Waals surface area contributed by atoms with Gasteiger partial charge in [0.05, 0.1) is 20.6 Å². The number of aliphatic carboxylic acids is 1. The van der Waals surface area contributed by atoms with Crippen molar-refractivity contribution in [2.75, 3.05) is 14.2 Å². The number of aromatic nitrogens is 4. The van der Waals surface area contributed by atoms with E-state index in [0.717, 1.165) is 11.1 Å². The number of carboxylic acid groups (broad SMARTS) is 1. The van der Waals surface area contributed by atoms with Crippen LogP contribution in [0, 0.1) is 5.92 Å². The average molecular weight is 527 g/mol. The first-order valence-electron chi connectivity index (χ1n) is 11.8. The molecule has 1 amide bonds. The largest absolute Gasteiger partial charge is 0.493 e. The predicted molar refractivity (Wildman–Crippen MR) is 141 cm³/mol. The third-order valence-electron chi connectivity index (χ3n) is 5.15. The lowest BCUT2D eigenvalue weighted by molar-refractivity contribution is -0.138. The molecule has 13 heteroatoms. The van der Waals surface area contributed by atoms with Gasteiger partial charge in [0, 0.05) is 12.1 Å². The number of methoxy groups -OCH3 is 2. The number of carbonyl (C=O) groups is 2.